The summed E-state index contributed by atoms with van der Waals surface area (Å²) in [5, 5.41) is 8.82. The van der Waals surface area contributed by atoms with E-state index in [1.165, 1.54) is 10.8 Å². The van der Waals surface area contributed by atoms with Crippen molar-refractivity contribution in [1.29, 1.82) is 5.26 Å². The number of para-hydroxylation sites is 1. The van der Waals surface area contributed by atoms with E-state index in [9.17, 15) is 4.79 Å². The Morgan fingerprint density at radius 3 is 2.94 bits per heavy atom. The molecule has 0 bridgehead atoms. The Kier molecular flexibility index (Phi) is 3.39. The molecule has 1 heterocycles. The molecule has 0 N–H and O–H groups in total. The van der Waals surface area contributed by atoms with Gasteiger partial charge in [0.1, 0.15) is 11.8 Å². The fraction of sp³-hybridized carbons (Fsp3) is 0.154. The van der Waals surface area contributed by atoms with Crippen molar-refractivity contribution in [3.05, 3.63) is 36.2 Å². The van der Waals surface area contributed by atoms with Gasteiger partial charge in [-0.05, 0) is 19.1 Å². The Morgan fingerprint density at radius 1 is 1.50 bits per heavy atom. The molecule has 0 aliphatic heterocycles. The van der Waals surface area contributed by atoms with Gasteiger partial charge in [0.25, 0.3) is 0 Å². The lowest BCUT2D eigenvalue weighted by atomic mass is 10.2. The van der Waals surface area contributed by atoms with Crippen molar-refractivity contribution >= 4 is 6.41 Å². The van der Waals surface area contributed by atoms with Crippen LogP contribution >= 0.6 is 0 Å². The first-order chi connectivity index (χ1) is 8.80. The Labute approximate surface area is 104 Å². The Bertz CT molecular complexity index is 611. The number of benzene rings is 1. The van der Waals surface area contributed by atoms with Gasteiger partial charge in [0.05, 0.1) is 18.4 Å². The maximum atomic E-state index is 11.0. The van der Waals surface area contributed by atoms with Gasteiger partial charge in [-0.3, -0.25) is 9.36 Å². The lowest BCUT2D eigenvalue weighted by Crippen LogP contribution is -1.99. The second-order valence-electron chi connectivity index (χ2n) is 3.50. The average molecular weight is 241 g/mol. The van der Waals surface area contributed by atoms with Gasteiger partial charge in [0.2, 0.25) is 6.41 Å². The van der Waals surface area contributed by atoms with Gasteiger partial charge < -0.3 is 4.74 Å². The SMILES string of the molecule is CCOc1ccccc1-c1nc(C#N)cn1C=O. The van der Waals surface area contributed by atoms with Crippen LogP contribution < -0.4 is 4.74 Å². The van der Waals surface area contributed by atoms with Gasteiger partial charge in [0.15, 0.2) is 11.5 Å². The van der Waals surface area contributed by atoms with E-state index in [1.807, 2.05) is 25.1 Å². The second kappa shape index (κ2) is 5.15. The minimum absolute atomic E-state index is 0.198. The molecule has 5 nitrogen and oxygen atoms in total. The molecule has 2 rings (SSSR count). The molecule has 0 aliphatic carbocycles. The van der Waals surface area contributed by atoms with Crippen molar-refractivity contribution in [3.8, 4) is 23.2 Å². The smallest absolute Gasteiger partial charge is 0.219 e. The molecule has 2 aromatic rings. The number of carbonyl (C=O) groups excluding carboxylic acids is 1. The van der Waals surface area contributed by atoms with Crippen LogP contribution in [0.25, 0.3) is 11.4 Å². The number of nitrogens with zero attached hydrogens (tertiary/aromatic N) is 3. The van der Waals surface area contributed by atoms with Gasteiger partial charge in [-0.1, -0.05) is 12.1 Å². The summed E-state index contributed by atoms with van der Waals surface area (Å²) in [4.78, 5) is 15.1. The summed E-state index contributed by atoms with van der Waals surface area (Å²) in [6.45, 7) is 2.40. The molecule has 0 radical (unpaired) electrons. The summed E-state index contributed by atoms with van der Waals surface area (Å²) in [5.74, 6) is 1.05. The summed E-state index contributed by atoms with van der Waals surface area (Å²) in [6.07, 6.45) is 2.01. The standard InChI is InChI=1S/C13H11N3O2/c1-2-18-12-6-4-3-5-11(12)13-15-10(7-14)8-16(13)9-17/h3-6,8-9H,2H2,1H3. The molecular weight excluding hydrogens is 230 g/mol. The molecule has 0 spiro atoms. The highest BCUT2D eigenvalue weighted by molar-refractivity contribution is 5.71. The molecule has 0 saturated carbocycles. The van der Waals surface area contributed by atoms with E-state index in [0.717, 1.165) is 0 Å². The molecule has 0 amide bonds. The molecule has 0 atom stereocenters. The summed E-state index contributed by atoms with van der Waals surface area (Å²) >= 11 is 0. The van der Waals surface area contributed by atoms with Crippen molar-refractivity contribution in [2.45, 2.75) is 6.92 Å². The number of hydrogen-bond donors (Lipinski definition) is 0. The lowest BCUT2D eigenvalue weighted by molar-refractivity contribution is 0.341. The van der Waals surface area contributed by atoms with E-state index in [-0.39, 0.29) is 5.69 Å². The number of nitriles is 1. The topological polar surface area (TPSA) is 67.9 Å². The molecule has 1 aromatic carbocycles. The average Bonchev–Trinajstić information content (AvgIpc) is 2.83. The second-order valence-corrected chi connectivity index (χ2v) is 3.50. The van der Waals surface area contributed by atoms with Gasteiger partial charge in [-0.15, -0.1) is 0 Å². The van der Waals surface area contributed by atoms with Crippen LogP contribution in [0, 0.1) is 11.3 Å². The third-order valence-corrected chi connectivity index (χ3v) is 2.39. The molecule has 0 fully saturated rings. The predicted octanol–water partition coefficient (Wildman–Crippen LogP) is 1.86. The number of imidazole rings is 1. The Balaban J connectivity index is 2.58. The van der Waals surface area contributed by atoms with E-state index in [1.54, 1.807) is 12.1 Å². The fourth-order valence-corrected chi connectivity index (χ4v) is 1.66. The van der Waals surface area contributed by atoms with Crippen molar-refractivity contribution in [2.75, 3.05) is 6.61 Å². The minimum Gasteiger partial charge on any atom is -0.493 e. The highest BCUT2D eigenvalue weighted by atomic mass is 16.5. The molecule has 18 heavy (non-hydrogen) atoms. The number of aromatic nitrogens is 2. The maximum Gasteiger partial charge on any atom is 0.219 e. The van der Waals surface area contributed by atoms with Gasteiger partial charge in [-0.2, -0.15) is 5.26 Å². The van der Waals surface area contributed by atoms with Crippen LogP contribution in [0.15, 0.2) is 30.5 Å². The van der Waals surface area contributed by atoms with Crippen LogP contribution in [0.2, 0.25) is 0 Å². The lowest BCUT2D eigenvalue weighted by Gasteiger charge is -2.08. The third-order valence-electron chi connectivity index (χ3n) is 2.39. The first-order valence-electron chi connectivity index (χ1n) is 5.46. The maximum absolute atomic E-state index is 11.0. The summed E-state index contributed by atoms with van der Waals surface area (Å²) < 4.78 is 6.76. The predicted molar refractivity (Wildman–Crippen MR) is 65.7 cm³/mol. The van der Waals surface area contributed by atoms with Crippen LogP contribution in [0.1, 0.15) is 12.6 Å². The third kappa shape index (κ3) is 2.09. The zero-order valence-corrected chi connectivity index (χ0v) is 9.83. The van der Waals surface area contributed by atoms with Crippen molar-refractivity contribution in [1.82, 2.24) is 9.55 Å². The van der Waals surface area contributed by atoms with Crippen LogP contribution in [0.3, 0.4) is 0 Å². The molecule has 90 valence electrons. The first-order valence-corrected chi connectivity index (χ1v) is 5.46. The van der Waals surface area contributed by atoms with Crippen molar-refractivity contribution in [3.63, 3.8) is 0 Å². The Morgan fingerprint density at radius 2 is 2.28 bits per heavy atom. The molecule has 1 aromatic heterocycles. The normalized spacial score (nSPS) is 9.78. The summed E-state index contributed by atoms with van der Waals surface area (Å²) in [5.41, 5.74) is 0.886. The minimum atomic E-state index is 0.198. The van der Waals surface area contributed by atoms with Crippen molar-refractivity contribution in [2.24, 2.45) is 0 Å². The van der Waals surface area contributed by atoms with E-state index in [2.05, 4.69) is 4.98 Å². The van der Waals surface area contributed by atoms with E-state index < -0.39 is 0 Å². The molecule has 0 saturated heterocycles. The van der Waals surface area contributed by atoms with Gasteiger partial charge >= 0.3 is 0 Å². The molecular formula is C13H11N3O2. The number of hydrogen-bond acceptors (Lipinski definition) is 4. The Hall–Kier alpha value is -2.61. The fourth-order valence-electron chi connectivity index (χ4n) is 1.66. The molecule has 0 unspecified atom stereocenters. The quantitative estimate of drug-likeness (QED) is 0.766. The van der Waals surface area contributed by atoms with Gasteiger partial charge in [-0.25, -0.2) is 4.98 Å². The summed E-state index contributed by atoms with van der Waals surface area (Å²) in [7, 11) is 0. The molecule has 5 heteroatoms. The van der Waals surface area contributed by atoms with Crippen LogP contribution in [0.5, 0.6) is 5.75 Å². The summed E-state index contributed by atoms with van der Waals surface area (Å²) in [6, 6.07) is 9.18. The highest BCUT2D eigenvalue weighted by Crippen LogP contribution is 2.28. The van der Waals surface area contributed by atoms with Crippen molar-refractivity contribution < 1.29 is 9.53 Å². The first kappa shape index (κ1) is 11.9. The van der Waals surface area contributed by atoms with E-state index >= 15 is 0 Å². The molecule has 0 aliphatic rings. The van der Waals surface area contributed by atoms with Gasteiger partial charge in [0, 0.05) is 0 Å². The number of rotatable bonds is 4. The zero-order valence-electron chi connectivity index (χ0n) is 9.83. The highest BCUT2D eigenvalue weighted by Gasteiger charge is 2.13. The van der Waals surface area contributed by atoms with Crippen LogP contribution in [-0.4, -0.2) is 22.6 Å². The monoisotopic (exact) mass is 241 g/mol. The van der Waals surface area contributed by atoms with Crippen LogP contribution in [0.4, 0.5) is 0 Å². The zero-order chi connectivity index (χ0) is 13.0. The van der Waals surface area contributed by atoms with E-state index in [4.69, 9.17) is 10.00 Å². The van der Waals surface area contributed by atoms with E-state index in [0.29, 0.717) is 30.2 Å². The number of carbonyl (C=O) groups is 1. The number of ether oxygens (including phenoxy) is 1. The largest absolute Gasteiger partial charge is 0.493 e. The van der Waals surface area contributed by atoms with Crippen LogP contribution in [-0.2, 0) is 4.79 Å².